The van der Waals surface area contributed by atoms with Gasteiger partial charge in [0.2, 0.25) is 0 Å². The standard InChI is InChI=1S/C16H33NO.C12H17N.C10H15N3/c1-6-9-16(11-14-18-5)17(12-7-2)13-10-15(4)8-3;1-5-10(3)11(4)7-8-12(6-2)9-13;1-8-9(2)12-11-7-10(8)13-5-3-4-6-13/h9,15H,6-8,10-14H2,1-5H3;6-8H,5H2,1-4H3;7,12H,2-6H2,1H3/b16-9+;8-7-,11-10?,12-6+;. The molecule has 1 unspecified atom stereocenters. The van der Waals surface area contributed by atoms with Crippen LogP contribution in [0.3, 0.4) is 0 Å². The van der Waals surface area contributed by atoms with E-state index in [4.69, 9.17) is 10.00 Å². The monoisotopic (exact) mass is 608 g/mol. The molecule has 0 amide bonds. The van der Waals surface area contributed by atoms with Gasteiger partial charge in [-0.1, -0.05) is 77.0 Å². The normalized spacial score (nSPS) is 16.5. The first kappa shape index (κ1) is 41.0. The number of hydrazone groups is 1. The lowest BCUT2D eigenvalue weighted by atomic mass is 10.0. The Morgan fingerprint density at radius 1 is 1.18 bits per heavy atom. The van der Waals surface area contributed by atoms with E-state index < -0.39 is 0 Å². The fourth-order valence-corrected chi connectivity index (χ4v) is 4.70. The van der Waals surface area contributed by atoms with Crippen molar-refractivity contribution in [3.8, 4) is 6.07 Å². The maximum Gasteiger partial charge on any atom is 0.0988 e. The smallest absolute Gasteiger partial charge is 0.0988 e. The van der Waals surface area contributed by atoms with Gasteiger partial charge in [-0.25, -0.2) is 0 Å². The van der Waals surface area contributed by atoms with Crippen molar-refractivity contribution in [1.29, 1.82) is 5.26 Å². The molecule has 0 aliphatic carbocycles. The number of likely N-dealkylation sites (tertiary alicyclic amines) is 1. The minimum absolute atomic E-state index is 0.711. The summed E-state index contributed by atoms with van der Waals surface area (Å²) in [5, 5.41) is 12.7. The SMILES string of the molecule is C/C=C(C#N)\C=C/C(C)=C(C)CC.C=C1NN=CC(N2CCCC2)=C1C.CC/C=C(\CCOC)N(CCC)CCC(C)CC. The molecule has 0 saturated carbocycles. The van der Waals surface area contributed by atoms with Gasteiger partial charge in [0.05, 0.1) is 30.3 Å². The van der Waals surface area contributed by atoms with Crippen LogP contribution in [0.1, 0.15) is 114 Å². The van der Waals surface area contributed by atoms with Crippen molar-refractivity contribution in [3.05, 3.63) is 70.3 Å². The molecule has 1 fully saturated rings. The van der Waals surface area contributed by atoms with Crippen LogP contribution in [0.2, 0.25) is 0 Å². The Hall–Kier alpha value is -3.04. The first-order chi connectivity index (χ1) is 21.1. The van der Waals surface area contributed by atoms with E-state index in [1.54, 1.807) is 7.11 Å². The number of nitrogens with one attached hydrogen (secondary N) is 1. The molecule has 0 aromatic carbocycles. The third kappa shape index (κ3) is 16.7. The fourth-order valence-electron chi connectivity index (χ4n) is 4.70. The second-order valence-electron chi connectivity index (χ2n) is 11.7. The van der Waals surface area contributed by atoms with Gasteiger partial charge in [-0.05, 0) is 83.8 Å². The van der Waals surface area contributed by atoms with Crippen molar-refractivity contribution in [3.63, 3.8) is 0 Å². The average molecular weight is 608 g/mol. The lowest BCUT2D eigenvalue weighted by Gasteiger charge is -2.28. The summed E-state index contributed by atoms with van der Waals surface area (Å²) in [5.74, 6) is 0.828. The summed E-state index contributed by atoms with van der Waals surface area (Å²) in [4.78, 5) is 4.94. The predicted molar refractivity (Wildman–Crippen MR) is 192 cm³/mol. The van der Waals surface area contributed by atoms with Crippen molar-refractivity contribution in [2.45, 2.75) is 114 Å². The molecule has 248 valence electrons. The number of hydrogen-bond donors (Lipinski definition) is 1. The highest BCUT2D eigenvalue weighted by Crippen LogP contribution is 2.21. The summed E-state index contributed by atoms with van der Waals surface area (Å²) < 4.78 is 5.23. The van der Waals surface area contributed by atoms with Crippen LogP contribution in [0.25, 0.3) is 0 Å². The first-order valence-electron chi connectivity index (χ1n) is 16.9. The minimum Gasteiger partial charge on any atom is -0.384 e. The Bertz CT molecular complexity index is 1050. The number of nitriles is 1. The van der Waals surface area contributed by atoms with E-state index in [-0.39, 0.29) is 0 Å². The number of hydrogen-bond acceptors (Lipinski definition) is 6. The summed E-state index contributed by atoms with van der Waals surface area (Å²) in [7, 11) is 1.78. The molecule has 0 radical (unpaired) electrons. The molecule has 0 aromatic heterocycles. The van der Waals surface area contributed by atoms with E-state index in [0.717, 1.165) is 50.6 Å². The zero-order valence-electron chi connectivity index (χ0n) is 30.1. The molecule has 2 aliphatic rings. The van der Waals surface area contributed by atoms with E-state index in [0.29, 0.717) is 5.57 Å². The first-order valence-corrected chi connectivity index (χ1v) is 16.9. The Kier molecular flexibility index (Phi) is 23.6. The van der Waals surface area contributed by atoms with Crippen LogP contribution < -0.4 is 5.43 Å². The Morgan fingerprint density at radius 3 is 2.39 bits per heavy atom. The fraction of sp³-hybridized carbons (Fsp3) is 0.632. The van der Waals surface area contributed by atoms with Gasteiger partial charge in [0.1, 0.15) is 0 Å². The highest BCUT2D eigenvalue weighted by molar-refractivity contribution is 5.81. The third-order valence-corrected chi connectivity index (χ3v) is 8.32. The molecule has 0 bridgehead atoms. The zero-order chi connectivity index (χ0) is 33.3. The van der Waals surface area contributed by atoms with Crippen molar-refractivity contribution in [1.82, 2.24) is 15.2 Å². The minimum atomic E-state index is 0.711. The van der Waals surface area contributed by atoms with Crippen molar-refractivity contribution in [2.75, 3.05) is 39.9 Å². The van der Waals surface area contributed by atoms with Gasteiger partial charge in [0.25, 0.3) is 0 Å². The van der Waals surface area contributed by atoms with Crippen LogP contribution in [0.15, 0.2) is 75.4 Å². The maximum absolute atomic E-state index is 8.65. The third-order valence-electron chi connectivity index (χ3n) is 8.32. The van der Waals surface area contributed by atoms with E-state index >= 15 is 0 Å². The summed E-state index contributed by atoms with van der Waals surface area (Å²) >= 11 is 0. The molecule has 1 N–H and O–H groups in total. The molecule has 44 heavy (non-hydrogen) atoms. The highest BCUT2D eigenvalue weighted by atomic mass is 16.5. The van der Waals surface area contributed by atoms with E-state index in [1.165, 1.54) is 73.3 Å². The van der Waals surface area contributed by atoms with Crippen molar-refractivity contribution < 1.29 is 4.74 Å². The zero-order valence-corrected chi connectivity index (χ0v) is 30.1. The van der Waals surface area contributed by atoms with Crippen molar-refractivity contribution in [2.24, 2.45) is 11.0 Å². The van der Waals surface area contributed by atoms with Gasteiger partial charge < -0.3 is 14.5 Å². The van der Waals surface area contributed by atoms with Crippen LogP contribution in [0, 0.1) is 17.2 Å². The van der Waals surface area contributed by atoms with Crippen LogP contribution in [-0.2, 0) is 4.74 Å². The molecule has 2 rings (SSSR count). The number of ether oxygens (including phenoxy) is 1. The number of methoxy groups -OCH3 is 1. The Labute approximate surface area is 272 Å². The second kappa shape index (κ2) is 25.3. The molecule has 1 atom stereocenters. The molecule has 2 heterocycles. The molecule has 0 aromatic rings. The number of rotatable bonds is 15. The molecule has 2 aliphatic heterocycles. The van der Waals surface area contributed by atoms with Crippen LogP contribution in [0.4, 0.5) is 0 Å². The van der Waals surface area contributed by atoms with Gasteiger partial charge in [-0.15, -0.1) is 0 Å². The predicted octanol–water partition coefficient (Wildman–Crippen LogP) is 9.68. The lowest BCUT2D eigenvalue weighted by molar-refractivity contribution is 0.188. The summed E-state index contributed by atoms with van der Waals surface area (Å²) in [6.07, 6.45) is 19.5. The highest BCUT2D eigenvalue weighted by Gasteiger charge is 2.18. The van der Waals surface area contributed by atoms with Gasteiger partial charge in [0, 0.05) is 51.0 Å². The van der Waals surface area contributed by atoms with Gasteiger partial charge >= 0.3 is 0 Å². The Morgan fingerprint density at radius 2 is 1.86 bits per heavy atom. The van der Waals surface area contributed by atoms with E-state index in [1.807, 2.05) is 31.4 Å². The molecular formula is C38H65N5O. The van der Waals surface area contributed by atoms with Crippen molar-refractivity contribution >= 4 is 6.21 Å². The van der Waals surface area contributed by atoms with Crippen LogP contribution in [-0.4, -0.2) is 55.9 Å². The lowest BCUT2D eigenvalue weighted by Crippen LogP contribution is -2.27. The van der Waals surface area contributed by atoms with Crippen LogP contribution in [0.5, 0.6) is 0 Å². The second-order valence-corrected chi connectivity index (χ2v) is 11.7. The summed E-state index contributed by atoms with van der Waals surface area (Å²) in [6, 6.07) is 2.12. The molecule has 6 nitrogen and oxygen atoms in total. The maximum atomic E-state index is 8.65. The number of allylic oxidation sites excluding steroid dienone is 9. The Balaban J connectivity index is 0.000000642. The molecule has 0 spiro atoms. The topological polar surface area (TPSA) is 63.9 Å². The summed E-state index contributed by atoms with van der Waals surface area (Å²) in [6.45, 7) is 28.8. The molecule has 1 saturated heterocycles. The molecule has 6 heteroatoms. The summed E-state index contributed by atoms with van der Waals surface area (Å²) in [5.41, 5.74) is 11.1. The molecular weight excluding hydrogens is 542 g/mol. The van der Waals surface area contributed by atoms with Crippen LogP contribution >= 0.6 is 0 Å². The van der Waals surface area contributed by atoms with Gasteiger partial charge in [-0.3, -0.25) is 5.43 Å². The number of nitrogens with zero attached hydrogens (tertiary/aromatic N) is 4. The van der Waals surface area contributed by atoms with E-state index in [9.17, 15) is 0 Å². The van der Waals surface area contributed by atoms with Gasteiger partial charge in [-0.2, -0.15) is 10.4 Å². The average Bonchev–Trinajstić information content (AvgIpc) is 3.58. The van der Waals surface area contributed by atoms with Gasteiger partial charge in [0.15, 0.2) is 0 Å². The quantitative estimate of drug-likeness (QED) is 0.148. The van der Waals surface area contributed by atoms with E-state index in [2.05, 4.69) is 94.4 Å². The largest absolute Gasteiger partial charge is 0.384 e.